The van der Waals surface area contributed by atoms with Gasteiger partial charge in [-0.25, -0.2) is 4.79 Å². The van der Waals surface area contributed by atoms with Crippen molar-refractivity contribution in [2.75, 3.05) is 34.0 Å². The molecule has 8 heteroatoms. The van der Waals surface area contributed by atoms with Crippen LogP contribution in [0, 0.1) is 0 Å². The zero-order valence-electron chi connectivity index (χ0n) is 20.0. The number of benzene rings is 2. The molecule has 1 aliphatic heterocycles. The van der Waals surface area contributed by atoms with Crippen molar-refractivity contribution in [3.8, 4) is 22.8 Å². The Bertz CT molecular complexity index is 1290. The topological polar surface area (TPSA) is 76.0 Å². The molecule has 3 aromatic rings. The van der Waals surface area contributed by atoms with Crippen LogP contribution in [0.5, 0.6) is 11.5 Å². The maximum Gasteiger partial charge on any atom is 0.343 e. The Labute approximate surface area is 209 Å². The number of halogens is 1. The van der Waals surface area contributed by atoms with E-state index in [-0.39, 0.29) is 18.2 Å². The van der Waals surface area contributed by atoms with Crippen LogP contribution >= 0.6 is 11.6 Å². The number of carbonyl (C=O) groups excluding carboxylic acids is 1. The molecule has 0 saturated heterocycles. The Morgan fingerprint density at radius 2 is 1.94 bits per heavy atom. The van der Waals surface area contributed by atoms with Gasteiger partial charge in [0.2, 0.25) is 0 Å². The molecule has 0 amide bonds. The maximum absolute atomic E-state index is 12.9. The zero-order chi connectivity index (χ0) is 24.9. The summed E-state index contributed by atoms with van der Waals surface area (Å²) < 4.78 is 23.8. The van der Waals surface area contributed by atoms with Crippen molar-refractivity contribution in [2.24, 2.45) is 0 Å². The first-order valence-electron chi connectivity index (χ1n) is 11.5. The number of hydrogen-bond donors (Lipinski definition) is 0. The van der Waals surface area contributed by atoms with Gasteiger partial charge < -0.3 is 23.5 Å². The molecule has 35 heavy (non-hydrogen) atoms. The first kappa shape index (κ1) is 24.8. The molecule has 1 aromatic heterocycles. The van der Waals surface area contributed by atoms with E-state index < -0.39 is 11.4 Å². The molecule has 0 radical (unpaired) electrons. The fourth-order valence-electron chi connectivity index (χ4n) is 4.35. The van der Waals surface area contributed by atoms with E-state index >= 15 is 0 Å². The number of aromatic nitrogens is 1. The van der Waals surface area contributed by atoms with Gasteiger partial charge in [-0.1, -0.05) is 23.7 Å². The van der Waals surface area contributed by atoms with Crippen LogP contribution in [0.1, 0.15) is 40.9 Å². The van der Waals surface area contributed by atoms with Crippen LogP contribution in [0.3, 0.4) is 0 Å². The largest absolute Gasteiger partial charge is 0.493 e. The lowest BCUT2D eigenvalue weighted by Gasteiger charge is -2.32. The summed E-state index contributed by atoms with van der Waals surface area (Å²) in [6, 6.07) is 12.7. The van der Waals surface area contributed by atoms with E-state index in [4.69, 9.17) is 30.5 Å². The molecule has 0 N–H and O–H groups in total. The third kappa shape index (κ3) is 5.21. The SMILES string of the molecule is CCOC(=O)c1cn2c(cc1=O)-c1cc(OC)c(OCCCOC)cc1CC2c1cccc(Cl)c1. The summed E-state index contributed by atoms with van der Waals surface area (Å²) in [6.45, 7) is 2.98. The highest BCUT2D eigenvalue weighted by atomic mass is 35.5. The molecule has 2 heterocycles. The van der Waals surface area contributed by atoms with Gasteiger partial charge in [-0.3, -0.25) is 4.79 Å². The molecule has 0 saturated carbocycles. The van der Waals surface area contributed by atoms with Crippen molar-refractivity contribution in [2.45, 2.75) is 25.8 Å². The molecular formula is C27H28ClNO6. The van der Waals surface area contributed by atoms with Crippen molar-refractivity contribution >= 4 is 17.6 Å². The van der Waals surface area contributed by atoms with Gasteiger partial charge in [0.1, 0.15) is 5.56 Å². The number of pyridine rings is 1. The minimum atomic E-state index is -0.638. The summed E-state index contributed by atoms with van der Waals surface area (Å²) >= 11 is 6.31. The number of methoxy groups -OCH3 is 2. The first-order chi connectivity index (χ1) is 17.0. The van der Waals surface area contributed by atoms with Gasteiger partial charge in [0.25, 0.3) is 0 Å². The predicted molar refractivity (Wildman–Crippen MR) is 134 cm³/mol. The number of hydrogen-bond acceptors (Lipinski definition) is 6. The molecular weight excluding hydrogens is 470 g/mol. The Hall–Kier alpha value is -3.29. The van der Waals surface area contributed by atoms with E-state index in [0.717, 1.165) is 23.1 Å². The van der Waals surface area contributed by atoms with Crippen molar-refractivity contribution in [1.29, 1.82) is 0 Å². The van der Waals surface area contributed by atoms with Gasteiger partial charge in [0.15, 0.2) is 16.9 Å². The van der Waals surface area contributed by atoms with Crippen LogP contribution < -0.4 is 14.9 Å². The van der Waals surface area contributed by atoms with Gasteiger partial charge in [0.05, 0.1) is 32.1 Å². The second kappa shape index (κ2) is 11.0. The van der Waals surface area contributed by atoms with Crippen LogP contribution in [0.4, 0.5) is 0 Å². The Morgan fingerprint density at radius 3 is 2.66 bits per heavy atom. The molecule has 1 aliphatic rings. The lowest BCUT2D eigenvalue weighted by atomic mass is 9.88. The highest BCUT2D eigenvalue weighted by Crippen LogP contribution is 2.43. The molecule has 0 bridgehead atoms. The minimum Gasteiger partial charge on any atom is -0.493 e. The number of fused-ring (bicyclic) bond motifs is 3. The zero-order valence-corrected chi connectivity index (χ0v) is 20.8. The van der Waals surface area contributed by atoms with Gasteiger partial charge in [0, 0.05) is 43.0 Å². The molecule has 7 nitrogen and oxygen atoms in total. The third-order valence-electron chi connectivity index (χ3n) is 5.97. The summed E-state index contributed by atoms with van der Waals surface area (Å²) in [5, 5.41) is 0.610. The molecule has 0 spiro atoms. The average molecular weight is 498 g/mol. The standard InChI is InChI=1S/C27H28ClNO6/c1-4-34-27(31)21-16-29-22(17-7-5-8-19(28)11-17)12-18-13-26(35-10-6-9-32-2)25(33-3)14-20(18)23(29)15-24(21)30/h5,7-8,11,13-16,22H,4,6,9-10,12H2,1-3H3. The number of nitrogens with zero attached hydrogens (tertiary/aromatic N) is 1. The van der Waals surface area contributed by atoms with Crippen molar-refractivity contribution in [3.63, 3.8) is 0 Å². The molecule has 184 valence electrons. The summed E-state index contributed by atoms with van der Waals surface area (Å²) in [5.74, 6) is 0.558. The van der Waals surface area contributed by atoms with Gasteiger partial charge in [-0.2, -0.15) is 0 Å². The number of esters is 1. The summed E-state index contributed by atoms with van der Waals surface area (Å²) in [7, 11) is 3.24. The highest BCUT2D eigenvalue weighted by Gasteiger charge is 2.29. The Morgan fingerprint density at radius 1 is 1.11 bits per heavy atom. The molecule has 2 aromatic carbocycles. The van der Waals surface area contributed by atoms with Crippen LogP contribution in [0.15, 0.2) is 53.5 Å². The molecule has 1 unspecified atom stereocenters. The minimum absolute atomic E-state index is 0.00357. The van der Waals surface area contributed by atoms with Crippen LogP contribution in [-0.4, -0.2) is 44.6 Å². The second-order valence-electron chi connectivity index (χ2n) is 8.19. The van der Waals surface area contributed by atoms with Crippen molar-refractivity contribution in [3.05, 3.63) is 80.6 Å². The number of carbonyl (C=O) groups is 1. The lowest BCUT2D eigenvalue weighted by molar-refractivity contribution is 0.0523. The predicted octanol–water partition coefficient (Wildman–Crippen LogP) is 4.91. The normalized spacial score (nSPS) is 14.1. The molecule has 1 atom stereocenters. The fourth-order valence-corrected chi connectivity index (χ4v) is 4.55. The monoisotopic (exact) mass is 497 g/mol. The quantitative estimate of drug-likeness (QED) is 0.309. The van der Waals surface area contributed by atoms with Gasteiger partial charge >= 0.3 is 5.97 Å². The van der Waals surface area contributed by atoms with Gasteiger partial charge in [-0.15, -0.1) is 0 Å². The van der Waals surface area contributed by atoms with E-state index in [1.807, 2.05) is 41.0 Å². The van der Waals surface area contributed by atoms with Crippen LogP contribution in [-0.2, 0) is 15.9 Å². The lowest BCUT2D eigenvalue weighted by Crippen LogP contribution is -2.27. The van der Waals surface area contributed by atoms with Crippen molar-refractivity contribution < 1.29 is 23.7 Å². The second-order valence-corrected chi connectivity index (χ2v) is 8.63. The molecule has 4 rings (SSSR count). The Kier molecular flexibility index (Phi) is 7.78. The summed E-state index contributed by atoms with van der Waals surface area (Å²) in [5.41, 5.74) is 3.08. The smallest absolute Gasteiger partial charge is 0.343 e. The summed E-state index contributed by atoms with van der Waals surface area (Å²) in [6.07, 6.45) is 2.94. The maximum atomic E-state index is 12.9. The van der Waals surface area contributed by atoms with E-state index in [9.17, 15) is 9.59 Å². The first-order valence-corrected chi connectivity index (χ1v) is 11.9. The van der Waals surface area contributed by atoms with Crippen LogP contribution in [0.2, 0.25) is 5.02 Å². The molecule has 0 aliphatic carbocycles. The van der Waals surface area contributed by atoms with Crippen LogP contribution in [0.25, 0.3) is 11.3 Å². The van der Waals surface area contributed by atoms with Gasteiger partial charge in [-0.05, 0) is 48.7 Å². The van der Waals surface area contributed by atoms with E-state index in [1.165, 1.54) is 6.07 Å². The average Bonchev–Trinajstić information content (AvgIpc) is 2.85. The Balaban J connectivity index is 1.86. The number of ether oxygens (including phenoxy) is 4. The fraction of sp³-hybridized carbons (Fsp3) is 0.333. The van der Waals surface area contributed by atoms with Crippen molar-refractivity contribution in [1.82, 2.24) is 4.57 Å². The van der Waals surface area contributed by atoms with E-state index in [2.05, 4.69) is 0 Å². The number of rotatable bonds is 9. The highest BCUT2D eigenvalue weighted by molar-refractivity contribution is 6.30. The van der Waals surface area contributed by atoms with E-state index in [0.29, 0.717) is 41.9 Å². The third-order valence-corrected chi connectivity index (χ3v) is 6.21. The summed E-state index contributed by atoms with van der Waals surface area (Å²) in [4.78, 5) is 25.4. The molecule has 0 fully saturated rings. The van der Waals surface area contributed by atoms with E-state index in [1.54, 1.807) is 27.3 Å².